The molecule has 0 amide bonds. The highest BCUT2D eigenvalue weighted by atomic mass is 16.5. The van der Waals surface area contributed by atoms with Gasteiger partial charge in [-0.3, -0.25) is 4.90 Å². The third kappa shape index (κ3) is 2.34. The first-order valence-corrected chi connectivity index (χ1v) is 6.24. The second kappa shape index (κ2) is 5.05. The summed E-state index contributed by atoms with van der Waals surface area (Å²) in [6, 6.07) is 7.68. The highest BCUT2D eigenvalue weighted by Crippen LogP contribution is 2.29. The first-order valence-electron chi connectivity index (χ1n) is 6.24. The number of nitrogens with zero attached hydrogens (tertiary/aromatic N) is 4. The van der Waals surface area contributed by atoms with E-state index in [4.69, 9.17) is 10.00 Å². The van der Waals surface area contributed by atoms with Gasteiger partial charge in [0.2, 0.25) is 0 Å². The molecule has 0 fully saturated rings. The van der Waals surface area contributed by atoms with Gasteiger partial charge in [-0.25, -0.2) is 9.97 Å². The second-order valence-electron chi connectivity index (χ2n) is 4.47. The average Bonchev–Trinajstić information content (AvgIpc) is 2.94. The minimum atomic E-state index is 0.550. The Balaban J connectivity index is 1.83. The summed E-state index contributed by atoms with van der Waals surface area (Å²) in [6.45, 7) is 0.739. The van der Waals surface area contributed by atoms with Crippen LogP contribution in [0.1, 0.15) is 5.56 Å². The number of aromatic nitrogens is 2. The van der Waals surface area contributed by atoms with Gasteiger partial charge in [0.25, 0.3) is 0 Å². The normalized spacial score (nSPS) is 12.2. The Kier molecular flexibility index (Phi) is 3.09. The Morgan fingerprint density at radius 1 is 1.35 bits per heavy atom. The van der Waals surface area contributed by atoms with E-state index in [1.165, 1.54) is 16.8 Å². The van der Waals surface area contributed by atoms with Gasteiger partial charge in [-0.2, -0.15) is 5.26 Å². The molecule has 0 saturated heterocycles. The fourth-order valence-electron chi connectivity index (χ4n) is 2.06. The number of rotatable bonds is 3. The molecule has 0 bridgehead atoms. The van der Waals surface area contributed by atoms with Crippen molar-refractivity contribution in [2.24, 2.45) is 0 Å². The molecule has 1 aliphatic heterocycles. The van der Waals surface area contributed by atoms with Gasteiger partial charge in [-0.05, 0) is 23.8 Å². The molecule has 2 aromatic rings. The van der Waals surface area contributed by atoms with Crippen LogP contribution in [-0.2, 0) is 6.42 Å². The van der Waals surface area contributed by atoms with Crippen LogP contribution in [0.4, 0.5) is 17.3 Å². The number of ether oxygens (including phenoxy) is 1. The second-order valence-corrected chi connectivity index (χ2v) is 4.47. The number of nitriles is 1. The summed E-state index contributed by atoms with van der Waals surface area (Å²) < 4.78 is 5.47. The molecule has 6 heteroatoms. The van der Waals surface area contributed by atoms with Crippen LogP contribution in [0.2, 0.25) is 0 Å². The molecular weight excluding hydrogens is 254 g/mol. The van der Waals surface area contributed by atoms with Gasteiger partial charge in [-0.1, -0.05) is 0 Å². The zero-order valence-corrected chi connectivity index (χ0v) is 11.0. The van der Waals surface area contributed by atoms with Crippen LogP contribution in [0.5, 0.6) is 5.75 Å². The van der Waals surface area contributed by atoms with Crippen LogP contribution < -0.4 is 15.0 Å². The summed E-state index contributed by atoms with van der Waals surface area (Å²) in [4.78, 5) is 9.58. The van der Waals surface area contributed by atoms with E-state index < -0.39 is 0 Å². The average molecular weight is 267 g/mol. The zero-order valence-electron chi connectivity index (χ0n) is 11.0. The monoisotopic (exact) mass is 267 g/mol. The minimum absolute atomic E-state index is 0.550. The summed E-state index contributed by atoms with van der Waals surface area (Å²) in [5, 5.41) is 12.1. The summed E-state index contributed by atoms with van der Waals surface area (Å²) >= 11 is 0. The van der Waals surface area contributed by atoms with Crippen LogP contribution in [0.15, 0.2) is 30.6 Å². The molecule has 0 saturated carbocycles. The number of nitrogens with one attached hydrogen (secondary N) is 1. The summed E-state index contributed by atoms with van der Waals surface area (Å²) in [5.41, 5.74) is 2.14. The lowest BCUT2D eigenvalue weighted by Crippen LogP contribution is -2.10. The summed E-state index contributed by atoms with van der Waals surface area (Å²) in [6.07, 6.45) is 4.37. The fourth-order valence-corrected chi connectivity index (χ4v) is 2.06. The maximum absolute atomic E-state index is 8.86. The Morgan fingerprint density at radius 2 is 2.25 bits per heavy atom. The topological polar surface area (TPSA) is 74.1 Å². The SMILES string of the molecule is CN(C#N)c1cc(Nc2ccc3c(c2)CCO3)ncn1. The van der Waals surface area contributed by atoms with Crippen molar-refractivity contribution in [1.29, 1.82) is 5.26 Å². The molecule has 1 N–H and O–H groups in total. The molecular formula is C14H13N5O. The predicted octanol–water partition coefficient (Wildman–Crippen LogP) is 2.07. The van der Waals surface area contributed by atoms with Crippen LogP contribution in [0.25, 0.3) is 0 Å². The standard InChI is InChI=1S/C14H13N5O/c1-19(8-15)14-7-13(16-9-17-14)18-11-2-3-12-10(6-11)4-5-20-12/h2-3,6-7,9H,4-5H2,1H3,(H,16,17,18). The zero-order chi connectivity index (χ0) is 13.9. The van der Waals surface area contributed by atoms with Crippen molar-refractivity contribution in [1.82, 2.24) is 9.97 Å². The maximum Gasteiger partial charge on any atom is 0.185 e. The van der Waals surface area contributed by atoms with Gasteiger partial charge in [0.05, 0.1) is 6.61 Å². The molecule has 0 atom stereocenters. The molecule has 0 unspecified atom stereocenters. The number of hydrogen-bond donors (Lipinski definition) is 1. The number of fused-ring (bicyclic) bond motifs is 1. The van der Waals surface area contributed by atoms with E-state index in [1.807, 2.05) is 18.3 Å². The minimum Gasteiger partial charge on any atom is -0.493 e. The summed E-state index contributed by atoms with van der Waals surface area (Å²) in [5.74, 6) is 2.15. The third-order valence-corrected chi connectivity index (χ3v) is 3.11. The molecule has 2 heterocycles. The Labute approximate surface area is 116 Å². The van der Waals surface area contributed by atoms with Crippen LogP contribution >= 0.6 is 0 Å². The Morgan fingerprint density at radius 3 is 3.10 bits per heavy atom. The lowest BCUT2D eigenvalue weighted by Gasteiger charge is -2.10. The highest BCUT2D eigenvalue weighted by Gasteiger charge is 2.12. The molecule has 1 aliphatic rings. The van der Waals surface area contributed by atoms with E-state index in [9.17, 15) is 0 Å². The van der Waals surface area contributed by atoms with Gasteiger partial charge in [0, 0.05) is 25.2 Å². The smallest absolute Gasteiger partial charge is 0.185 e. The van der Waals surface area contributed by atoms with E-state index in [2.05, 4.69) is 21.4 Å². The van der Waals surface area contributed by atoms with Gasteiger partial charge < -0.3 is 10.1 Å². The van der Waals surface area contributed by atoms with Crippen molar-refractivity contribution in [3.05, 3.63) is 36.2 Å². The van der Waals surface area contributed by atoms with Crippen molar-refractivity contribution in [3.63, 3.8) is 0 Å². The molecule has 20 heavy (non-hydrogen) atoms. The van der Waals surface area contributed by atoms with Crippen molar-refractivity contribution < 1.29 is 4.74 Å². The molecule has 6 nitrogen and oxygen atoms in total. The molecule has 100 valence electrons. The van der Waals surface area contributed by atoms with Crippen LogP contribution in [-0.4, -0.2) is 23.6 Å². The van der Waals surface area contributed by atoms with E-state index in [-0.39, 0.29) is 0 Å². The van der Waals surface area contributed by atoms with Gasteiger partial charge in [0.15, 0.2) is 6.19 Å². The van der Waals surface area contributed by atoms with Crippen LogP contribution in [0.3, 0.4) is 0 Å². The number of anilines is 3. The lowest BCUT2D eigenvalue weighted by atomic mass is 10.1. The predicted molar refractivity (Wildman–Crippen MR) is 75.0 cm³/mol. The van der Waals surface area contributed by atoms with Gasteiger partial charge in [0.1, 0.15) is 23.7 Å². The molecule has 0 aliphatic carbocycles. The molecule has 3 rings (SSSR count). The lowest BCUT2D eigenvalue weighted by molar-refractivity contribution is 0.357. The first-order chi connectivity index (χ1) is 9.76. The van der Waals surface area contributed by atoms with Crippen molar-refractivity contribution in [2.75, 3.05) is 23.9 Å². The first kappa shape index (κ1) is 12.2. The quantitative estimate of drug-likeness (QED) is 0.678. The molecule has 0 spiro atoms. The van der Waals surface area contributed by atoms with Crippen molar-refractivity contribution in [2.45, 2.75) is 6.42 Å². The Bertz CT molecular complexity index is 680. The van der Waals surface area contributed by atoms with Crippen LogP contribution in [0, 0.1) is 11.5 Å². The summed E-state index contributed by atoms with van der Waals surface area (Å²) in [7, 11) is 1.65. The van der Waals surface area contributed by atoms with E-state index in [0.29, 0.717) is 11.6 Å². The number of benzene rings is 1. The van der Waals surface area contributed by atoms with E-state index >= 15 is 0 Å². The maximum atomic E-state index is 8.86. The molecule has 1 aromatic heterocycles. The van der Waals surface area contributed by atoms with E-state index in [1.54, 1.807) is 13.1 Å². The fraction of sp³-hybridized carbons (Fsp3) is 0.214. The largest absolute Gasteiger partial charge is 0.493 e. The third-order valence-electron chi connectivity index (χ3n) is 3.11. The van der Waals surface area contributed by atoms with Gasteiger partial charge in [-0.15, -0.1) is 0 Å². The van der Waals surface area contributed by atoms with Gasteiger partial charge >= 0.3 is 0 Å². The van der Waals surface area contributed by atoms with E-state index in [0.717, 1.165) is 24.5 Å². The molecule has 1 aromatic carbocycles. The van der Waals surface area contributed by atoms with Crippen molar-refractivity contribution in [3.8, 4) is 11.9 Å². The number of hydrogen-bond acceptors (Lipinski definition) is 6. The van der Waals surface area contributed by atoms with Crippen molar-refractivity contribution >= 4 is 17.3 Å². The molecule has 0 radical (unpaired) electrons. The Hall–Kier alpha value is -2.81. The highest BCUT2D eigenvalue weighted by molar-refractivity contribution is 5.62.